The van der Waals surface area contributed by atoms with Gasteiger partial charge in [0.1, 0.15) is 0 Å². The van der Waals surface area contributed by atoms with E-state index in [0.717, 1.165) is 6.26 Å². The van der Waals surface area contributed by atoms with Gasteiger partial charge in [-0.1, -0.05) is 0 Å². The Kier molecular flexibility index (Phi) is 4.52. The fourth-order valence-electron chi connectivity index (χ4n) is 0.525. The minimum atomic E-state index is -3.67. The van der Waals surface area contributed by atoms with Crippen LogP contribution < -0.4 is 16.0 Å². The predicted octanol–water partition coefficient (Wildman–Crippen LogP) is -2.52. The zero-order chi connectivity index (χ0) is 10.5. The Bertz CT molecular complexity index is 297. The van der Waals surface area contributed by atoms with Gasteiger partial charge >= 0.3 is 5.91 Å². The summed E-state index contributed by atoms with van der Waals surface area (Å²) in [5, 5.41) is 0. The van der Waals surface area contributed by atoms with Gasteiger partial charge in [0.25, 0.3) is 0 Å². The number of rotatable bonds is 5. The fraction of sp³-hybridized carbons (Fsp3) is 0.600. The molecule has 0 spiro atoms. The van der Waals surface area contributed by atoms with Crippen molar-refractivity contribution in [2.75, 3.05) is 12.8 Å². The first kappa shape index (κ1) is 12.0. The molecule has 76 valence electrons. The highest BCUT2D eigenvalue weighted by molar-refractivity contribution is 7.89. The molecule has 0 aliphatic carbocycles. The standard InChI is InChI=1S/C5H11N3O4S/c1-13(11,12)8-5(10)4(9)2-3-7-6/h7H,2-3,6H2,1H3,(H,8,10). The van der Waals surface area contributed by atoms with Crippen molar-refractivity contribution >= 4 is 21.7 Å². The Labute approximate surface area is 75.7 Å². The molecule has 0 saturated carbocycles. The molecule has 8 heteroatoms. The van der Waals surface area contributed by atoms with E-state index in [1.54, 1.807) is 4.72 Å². The Morgan fingerprint density at radius 3 is 2.31 bits per heavy atom. The molecule has 0 atom stereocenters. The fourth-order valence-corrected chi connectivity index (χ4v) is 0.975. The van der Waals surface area contributed by atoms with Gasteiger partial charge in [0.2, 0.25) is 15.8 Å². The average Bonchev–Trinajstić information content (AvgIpc) is 1.96. The van der Waals surface area contributed by atoms with Gasteiger partial charge in [-0.15, -0.1) is 0 Å². The first-order chi connectivity index (χ1) is 5.87. The molecule has 0 aliphatic rings. The molecule has 0 aromatic heterocycles. The number of sulfonamides is 1. The van der Waals surface area contributed by atoms with E-state index in [4.69, 9.17) is 5.84 Å². The maximum Gasteiger partial charge on any atom is 0.300 e. The van der Waals surface area contributed by atoms with Crippen molar-refractivity contribution in [2.24, 2.45) is 5.84 Å². The van der Waals surface area contributed by atoms with Crippen molar-refractivity contribution < 1.29 is 18.0 Å². The van der Waals surface area contributed by atoms with Crippen LogP contribution in [0.15, 0.2) is 0 Å². The molecule has 0 fully saturated rings. The SMILES string of the molecule is CS(=O)(=O)NC(=O)C(=O)CCNN. The monoisotopic (exact) mass is 209 g/mol. The van der Waals surface area contributed by atoms with Gasteiger partial charge in [0, 0.05) is 13.0 Å². The van der Waals surface area contributed by atoms with Crippen LogP contribution in [-0.4, -0.2) is 32.9 Å². The molecule has 0 heterocycles. The number of ketones is 1. The number of carbonyl (C=O) groups excluding carboxylic acids is 2. The summed E-state index contributed by atoms with van der Waals surface area (Å²) >= 11 is 0. The highest BCUT2D eigenvalue weighted by Gasteiger charge is 2.16. The van der Waals surface area contributed by atoms with Crippen LogP contribution in [-0.2, 0) is 19.6 Å². The summed E-state index contributed by atoms with van der Waals surface area (Å²) in [5.41, 5.74) is 2.17. The summed E-state index contributed by atoms with van der Waals surface area (Å²) in [6.45, 7) is 0.121. The number of carbonyl (C=O) groups is 2. The van der Waals surface area contributed by atoms with Crippen molar-refractivity contribution in [1.82, 2.24) is 10.1 Å². The largest absolute Gasteiger partial charge is 0.300 e. The van der Waals surface area contributed by atoms with Crippen molar-refractivity contribution in [3.63, 3.8) is 0 Å². The molecule has 0 radical (unpaired) electrons. The summed E-state index contributed by atoms with van der Waals surface area (Å²) in [4.78, 5) is 21.6. The van der Waals surface area contributed by atoms with Crippen LogP contribution in [0.5, 0.6) is 0 Å². The van der Waals surface area contributed by atoms with Gasteiger partial charge in [-0.25, -0.2) is 13.1 Å². The van der Waals surface area contributed by atoms with Gasteiger partial charge < -0.3 is 0 Å². The minimum Gasteiger partial charge on any atom is -0.289 e. The molecule has 0 bridgehead atoms. The van der Waals surface area contributed by atoms with E-state index in [2.05, 4.69) is 5.43 Å². The molecule has 0 aromatic carbocycles. The molecule has 0 aromatic rings. The third kappa shape index (κ3) is 6.20. The van der Waals surface area contributed by atoms with Crippen LogP contribution in [0.4, 0.5) is 0 Å². The van der Waals surface area contributed by atoms with Gasteiger partial charge in [-0.3, -0.25) is 20.9 Å². The van der Waals surface area contributed by atoms with Crippen molar-refractivity contribution in [3.05, 3.63) is 0 Å². The maximum atomic E-state index is 10.8. The van der Waals surface area contributed by atoms with Crippen LogP contribution in [0.1, 0.15) is 6.42 Å². The van der Waals surface area contributed by atoms with Crippen LogP contribution in [0.25, 0.3) is 0 Å². The quantitative estimate of drug-likeness (QED) is 0.261. The highest BCUT2D eigenvalue weighted by Crippen LogP contribution is 1.83. The van der Waals surface area contributed by atoms with Crippen LogP contribution >= 0.6 is 0 Å². The Morgan fingerprint density at radius 1 is 1.38 bits per heavy atom. The Morgan fingerprint density at radius 2 is 1.92 bits per heavy atom. The molecule has 0 unspecified atom stereocenters. The first-order valence-electron chi connectivity index (χ1n) is 3.35. The second kappa shape index (κ2) is 4.90. The van der Waals surface area contributed by atoms with Crippen molar-refractivity contribution in [3.8, 4) is 0 Å². The lowest BCUT2D eigenvalue weighted by atomic mass is 10.3. The van der Waals surface area contributed by atoms with E-state index in [0.29, 0.717) is 0 Å². The summed E-state index contributed by atoms with van der Waals surface area (Å²) in [5.74, 6) is 2.88. The lowest BCUT2D eigenvalue weighted by Gasteiger charge is -2.00. The highest BCUT2D eigenvalue weighted by atomic mass is 32.2. The van der Waals surface area contributed by atoms with Gasteiger partial charge in [0.05, 0.1) is 6.26 Å². The number of hydrogen-bond acceptors (Lipinski definition) is 6. The maximum absolute atomic E-state index is 10.8. The number of nitrogens with one attached hydrogen (secondary N) is 2. The normalized spacial score (nSPS) is 10.9. The first-order valence-corrected chi connectivity index (χ1v) is 5.24. The molecule has 0 rings (SSSR count). The smallest absolute Gasteiger partial charge is 0.289 e. The van der Waals surface area contributed by atoms with Gasteiger partial charge in [-0.2, -0.15) is 0 Å². The van der Waals surface area contributed by atoms with Crippen molar-refractivity contribution in [2.45, 2.75) is 6.42 Å². The van der Waals surface area contributed by atoms with E-state index in [1.165, 1.54) is 0 Å². The minimum absolute atomic E-state index is 0.121. The number of hydrogen-bond donors (Lipinski definition) is 3. The number of amides is 1. The number of nitrogens with two attached hydrogens (primary N) is 1. The molecular weight excluding hydrogens is 198 g/mol. The van der Waals surface area contributed by atoms with E-state index in [-0.39, 0.29) is 13.0 Å². The topological polar surface area (TPSA) is 118 Å². The Hall–Kier alpha value is -0.990. The van der Waals surface area contributed by atoms with Crippen molar-refractivity contribution in [1.29, 1.82) is 0 Å². The predicted molar refractivity (Wildman–Crippen MR) is 44.8 cm³/mol. The molecular formula is C5H11N3O4S. The van der Waals surface area contributed by atoms with E-state index in [9.17, 15) is 18.0 Å². The number of hydrazine groups is 1. The summed E-state index contributed by atoms with van der Waals surface area (Å²) in [6, 6.07) is 0. The van der Waals surface area contributed by atoms with E-state index >= 15 is 0 Å². The molecule has 7 nitrogen and oxygen atoms in total. The third-order valence-electron chi connectivity index (χ3n) is 1.03. The zero-order valence-corrected chi connectivity index (χ0v) is 7.85. The number of Topliss-reactive ketones (excluding diaryl/α,β-unsaturated/α-hetero) is 1. The molecule has 0 saturated heterocycles. The molecule has 0 aliphatic heterocycles. The van der Waals surface area contributed by atoms with Gasteiger partial charge in [-0.05, 0) is 0 Å². The molecule has 4 N–H and O–H groups in total. The lowest BCUT2D eigenvalue weighted by Crippen LogP contribution is -2.37. The van der Waals surface area contributed by atoms with Crippen LogP contribution in [0.2, 0.25) is 0 Å². The second-order valence-corrected chi connectivity index (χ2v) is 4.08. The van der Waals surface area contributed by atoms with Crippen LogP contribution in [0, 0.1) is 0 Å². The van der Waals surface area contributed by atoms with Gasteiger partial charge in [0.15, 0.2) is 0 Å². The summed E-state index contributed by atoms with van der Waals surface area (Å²) in [7, 11) is -3.67. The lowest BCUT2D eigenvalue weighted by molar-refractivity contribution is -0.136. The summed E-state index contributed by atoms with van der Waals surface area (Å²) in [6.07, 6.45) is 0.650. The average molecular weight is 209 g/mol. The zero-order valence-electron chi connectivity index (χ0n) is 7.03. The van der Waals surface area contributed by atoms with E-state index < -0.39 is 21.7 Å². The second-order valence-electron chi connectivity index (χ2n) is 2.33. The molecule has 1 amide bonds. The molecule has 13 heavy (non-hydrogen) atoms. The van der Waals surface area contributed by atoms with E-state index in [1.807, 2.05) is 0 Å². The van der Waals surface area contributed by atoms with Crippen LogP contribution in [0.3, 0.4) is 0 Å². The Balaban J connectivity index is 4.06. The third-order valence-corrected chi connectivity index (χ3v) is 1.58. The summed E-state index contributed by atoms with van der Waals surface area (Å²) < 4.78 is 22.5.